The lowest BCUT2D eigenvalue weighted by molar-refractivity contribution is 0.754. The molecule has 0 aliphatic heterocycles. The SMILES string of the molecule is CCC1=C[CH+]CCC1. The summed E-state index contributed by atoms with van der Waals surface area (Å²) >= 11 is 0. The third-order valence-electron chi connectivity index (χ3n) is 1.68. The van der Waals surface area contributed by atoms with Crippen molar-refractivity contribution in [2.45, 2.75) is 32.6 Å². The smallest absolute Gasteiger partial charge is 0.0437 e. The summed E-state index contributed by atoms with van der Waals surface area (Å²) in [4.78, 5) is 0. The average Bonchev–Trinajstić information content (AvgIpc) is 1.90. The van der Waals surface area contributed by atoms with Crippen LogP contribution in [0.4, 0.5) is 0 Å². The Morgan fingerprint density at radius 3 is 3.00 bits per heavy atom. The molecule has 44 valence electrons. The summed E-state index contributed by atoms with van der Waals surface area (Å²) in [7, 11) is 0. The van der Waals surface area contributed by atoms with E-state index in [0.29, 0.717) is 0 Å². The summed E-state index contributed by atoms with van der Waals surface area (Å²) in [6.45, 7) is 2.23. The van der Waals surface area contributed by atoms with Crippen LogP contribution in [0.5, 0.6) is 0 Å². The molecule has 0 unspecified atom stereocenters. The molecule has 0 atom stereocenters. The van der Waals surface area contributed by atoms with E-state index in [0.717, 1.165) is 0 Å². The van der Waals surface area contributed by atoms with Gasteiger partial charge in [0.25, 0.3) is 0 Å². The second-order valence-corrected chi connectivity index (χ2v) is 2.31. The highest BCUT2D eigenvalue weighted by Crippen LogP contribution is 2.18. The van der Waals surface area contributed by atoms with Gasteiger partial charge < -0.3 is 0 Å². The van der Waals surface area contributed by atoms with Crippen molar-refractivity contribution in [2.75, 3.05) is 0 Å². The van der Waals surface area contributed by atoms with Crippen LogP contribution in [0.15, 0.2) is 11.6 Å². The topological polar surface area (TPSA) is 0 Å². The van der Waals surface area contributed by atoms with Gasteiger partial charge in [-0.2, -0.15) is 0 Å². The molecular formula is C8H13+. The normalized spacial score (nSPS) is 19.4. The van der Waals surface area contributed by atoms with E-state index in [2.05, 4.69) is 19.4 Å². The maximum Gasteiger partial charge on any atom is 0.0921 e. The quantitative estimate of drug-likeness (QED) is 0.454. The molecule has 0 radical (unpaired) electrons. The molecule has 1 aliphatic carbocycles. The van der Waals surface area contributed by atoms with Crippen LogP contribution in [0.3, 0.4) is 0 Å². The van der Waals surface area contributed by atoms with E-state index in [9.17, 15) is 0 Å². The lowest BCUT2D eigenvalue weighted by Gasteiger charge is -1.99. The third kappa shape index (κ3) is 1.29. The fraction of sp³-hybridized carbons (Fsp3) is 0.625. The molecule has 8 heavy (non-hydrogen) atoms. The Balaban J connectivity index is 2.37. The molecular weight excluding hydrogens is 96.1 g/mol. The fourth-order valence-electron chi connectivity index (χ4n) is 1.07. The lowest BCUT2D eigenvalue weighted by Crippen LogP contribution is -1.89. The van der Waals surface area contributed by atoms with E-state index in [-0.39, 0.29) is 0 Å². The summed E-state index contributed by atoms with van der Waals surface area (Å²) in [6, 6.07) is 0. The molecule has 0 amide bonds. The van der Waals surface area contributed by atoms with Gasteiger partial charge in [0.15, 0.2) is 0 Å². The van der Waals surface area contributed by atoms with Gasteiger partial charge in [0.2, 0.25) is 0 Å². The number of allylic oxidation sites excluding steroid dienone is 2. The second kappa shape index (κ2) is 2.81. The van der Waals surface area contributed by atoms with Gasteiger partial charge in [-0.3, -0.25) is 0 Å². The summed E-state index contributed by atoms with van der Waals surface area (Å²) in [5, 5.41) is 0. The summed E-state index contributed by atoms with van der Waals surface area (Å²) in [5.41, 5.74) is 1.62. The maximum absolute atomic E-state index is 2.28. The fourth-order valence-corrected chi connectivity index (χ4v) is 1.07. The molecule has 0 N–H and O–H groups in total. The molecule has 0 saturated heterocycles. The number of hydrogen-bond acceptors (Lipinski definition) is 0. The highest BCUT2D eigenvalue weighted by atomic mass is 14.0. The summed E-state index contributed by atoms with van der Waals surface area (Å²) in [6.07, 6.45) is 9.82. The summed E-state index contributed by atoms with van der Waals surface area (Å²) < 4.78 is 0. The van der Waals surface area contributed by atoms with Crippen molar-refractivity contribution in [1.82, 2.24) is 0 Å². The van der Waals surface area contributed by atoms with Crippen molar-refractivity contribution >= 4 is 0 Å². The van der Waals surface area contributed by atoms with Crippen molar-refractivity contribution in [3.63, 3.8) is 0 Å². The first-order chi connectivity index (χ1) is 3.93. The molecule has 0 heteroatoms. The van der Waals surface area contributed by atoms with Crippen LogP contribution < -0.4 is 0 Å². The van der Waals surface area contributed by atoms with Crippen molar-refractivity contribution in [1.29, 1.82) is 0 Å². The molecule has 0 saturated carbocycles. The zero-order chi connectivity index (χ0) is 5.82. The molecule has 0 spiro atoms. The Kier molecular flexibility index (Phi) is 2.01. The van der Waals surface area contributed by atoms with Crippen LogP contribution in [-0.4, -0.2) is 0 Å². The molecule has 0 aromatic carbocycles. The minimum Gasteiger partial charge on any atom is -0.0437 e. The Morgan fingerprint density at radius 1 is 1.75 bits per heavy atom. The van der Waals surface area contributed by atoms with Crippen molar-refractivity contribution in [3.05, 3.63) is 18.1 Å². The van der Waals surface area contributed by atoms with Crippen LogP contribution in [-0.2, 0) is 0 Å². The monoisotopic (exact) mass is 109 g/mol. The molecule has 0 fully saturated rings. The van der Waals surface area contributed by atoms with E-state index in [4.69, 9.17) is 0 Å². The van der Waals surface area contributed by atoms with Gasteiger partial charge in [0.1, 0.15) is 0 Å². The lowest BCUT2D eigenvalue weighted by atomic mass is 9.98. The molecule has 0 aromatic rings. The third-order valence-corrected chi connectivity index (χ3v) is 1.68. The van der Waals surface area contributed by atoms with Gasteiger partial charge in [-0.05, 0) is 13.3 Å². The van der Waals surface area contributed by atoms with Gasteiger partial charge in [0, 0.05) is 25.7 Å². The van der Waals surface area contributed by atoms with Crippen molar-refractivity contribution in [3.8, 4) is 0 Å². The van der Waals surface area contributed by atoms with Gasteiger partial charge in [0.05, 0.1) is 11.6 Å². The zero-order valence-corrected chi connectivity index (χ0v) is 5.48. The van der Waals surface area contributed by atoms with E-state index in [1.807, 2.05) is 0 Å². The van der Waals surface area contributed by atoms with Crippen molar-refractivity contribution < 1.29 is 0 Å². The Labute approximate surface area is 51.6 Å². The minimum atomic E-state index is 1.25. The minimum absolute atomic E-state index is 1.25. The van der Waals surface area contributed by atoms with E-state index < -0.39 is 0 Å². The van der Waals surface area contributed by atoms with Crippen LogP contribution in [0.1, 0.15) is 32.6 Å². The first kappa shape index (κ1) is 5.74. The van der Waals surface area contributed by atoms with E-state index in [1.54, 1.807) is 5.57 Å². The number of hydrogen-bond donors (Lipinski definition) is 0. The molecule has 0 heterocycles. The van der Waals surface area contributed by atoms with Crippen LogP contribution in [0.25, 0.3) is 0 Å². The highest BCUT2D eigenvalue weighted by Gasteiger charge is 2.07. The maximum atomic E-state index is 2.28. The molecule has 1 aliphatic rings. The summed E-state index contributed by atoms with van der Waals surface area (Å²) in [5.74, 6) is 0. The Bertz CT molecular complexity index is 90.2. The van der Waals surface area contributed by atoms with Gasteiger partial charge in [-0.25, -0.2) is 0 Å². The molecule has 0 aromatic heterocycles. The Morgan fingerprint density at radius 2 is 2.62 bits per heavy atom. The predicted molar refractivity (Wildman–Crippen MR) is 36.5 cm³/mol. The average molecular weight is 109 g/mol. The Hall–Kier alpha value is -0.390. The van der Waals surface area contributed by atoms with Gasteiger partial charge >= 0.3 is 0 Å². The van der Waals surface area contributed by atoms with E-state index >= 15 is 0 Å². The van der Waals surface area contributed by atoms with Crippen molar-refractivity contribution in [2.24, 2.45) is 0 Å². The second-order valence-electron chi connectivity index (χ2n) is 2.31. The van der Waals surface area contributed by atoms with Gasteiger partial charge in [-0.15, -0.1) is 0 Å². The molecule has 1 rings (SSSR count). The largest absolute Gasteiger partial charge is 0.0921 e. The molecule has 0 bridgehead atoms. The van der Waals surface area contributed by atoms with Crippen LogP contribution in [0.2, 0.25) is 0 Å². The van der Waals surface area contributed by atoms with Crippen LogP contribution in [0, 0.1) is 6.42 Å². The first-order valence-corrected chi connectivity index (χ1v) is 3.44. The standard InChI is InChI=1S/C8H13/c1-2-8-6-4-3-5-7-8/h4,6H,2-3,5,7H2,1H3/q+1. The zero-order valence-electron chi connectivity index (χ0n) is 5.48. The van der Waals surface area contributed by atoms with E-state index in [1.165, 1.54) is 25.7 Å². The number of rotatable bonds is 1. The van der Waals surface area contributed by atoms with Crippen LogP contribution >= 0.6 is 0 Å². The predicted octanol–water partition coefficient (Wildman–Crippen LogP) is 2.71. The van der Waals surface area contributed by atoms with Gasteiger partial charge in [-0.1, -0.05) is 0 Å². The molecule has 0 nitrogen and oxygen atoms in total. The first-order valence-electron chi connectivity index (χ1n) is 3.44. The highest BCUT2D eigenvalue weighted by molar-refractivity contribution is 5.11.